The summed E-state index contributed by atoms with van der Waals surface area (Å²) >= 11 is 0. The van der Waals surface area contributed by atoms with E-state index in [0.717, 1.165) is 5.69 Å². The van der Waals surface area contributed by atoms with E-state index in [1.54, 1.807) is 42.4 Å². The lowest BCUT2D eigenvalue weighted by Crippen LogP contribution is -1.97. The summed E-state index contributed by atoms with van der Waals surface area (Å²) in [5, 5.41) is 4.82. The lowest BCUT2D eigenvalue weighted by molar-refractivity contribution is 0.409. The zero-order chi connectivity index (χ0) is 17.2. The average molecular weight is 335 g/mol. The highest BCUT2D eigenvalue weighted by atomic mass is 19.1. The van der Waals surface area contributed by atoms with Crippen molar-refractivity contribution in [2.75, 3.05) is 7.11 Å². The molecule has 0 amide bonds. The Bertz CT molecular complexity index is 1030. The van der Waals surface area contributed by atoms with Gasteiger partial charge in [0.25, 0.3) is 0 Å². The van der Waals surface area contributed by atoms with Crippen LogP contribution < -0.4 is 9.47 Å². The zero-order valence-electron chi connectivity index (χ0n) is 13.4. The lowest BCUT2D eigenvalue weighted by atomic mass is 10.2. The number of pyridine rings is 1. The van der Waals surface area contributed by atoms with Gasteiger partial charge in [-0.25, -0.2) is 9.07 Å². The van der Waals surface area contributed by atoms with E-state index < -0.39 is 0 Å². The van der Waals surface area contributed by atoms with Crippen molar-refractivity contribution >= 4 is 10.9 Å². The highest BCUT2D eigenvalue weighted by Crippen LogP contribution is 2.32. The summed E-state index contributed by atoms with van der Waals surface area (Å²) in [6, 6.07) is 13.4. The first-order valence-corrected chi connectivity index (χ1v) is 7.64. The molecule has 0 aliphatic heterocycles. The minimum atomic E-state index is -0.340. The minimum absolute atomic E-state index is 0.340. The van der Waals surface area contributed by atoms with Crippen LogP contribution in [0.2, 0.25) is 0 Å². The van der Waals surface area contributed by atoms with Gasteiger partial charge in [0.15, 0.2) is 0 Å². The first-order valence-electron chi connectivity index (χ1n) is 7.64. The topological polar surface area (TPSA) is 49.2 Å². The molecule has 124 valence electrons. The zero-order valence-corrected chi connectivity index (χ0v) is 13.4. The molecule has 25 heavy (non-hydrogen) atoms. The fourth-order valence-electron chi connectivity index (χ4n) is 2.60. The molecule has 0 spiro atoms. The van der Waals surface area contributed by atoms with Crippen LogP contribution in [0.5, 0.6) is 17.2 Å². The summed E-state index contributed by atoms with van der Waals surface area (Å²) in [6.45, 7) is 0. The maximum atomic E-state index is 13.6. The van der Waals surface area contributed by atoms with Gasteiger partial charge in [-0.2, -0.15) is 5.10 Å². The van der Waals surface area contributed by atoms with Crippen LogP contribution >= 0.6 is 0 Å². The van der Waals surface area contributed by atoms with E-state index in [2.05, 4.69) is 10.1 Å². The van der Waals surface area contributed by atoms with Gasteiger partial charge in [-0.1, -0.05) is 0 Å². The van der Waals surface area contributed by atoms with Gasteiger partial charge in [0.2, 0.25) is 0 Å². The number of halogens is 1. The third-order valence-electron chi connectivity index (χ3n) is 3.76. The summed E-state index contributed by atoms with van der Waals surface area (Å²) < 4.78 is 26.7. The fourth-order valence-corrected chi connectivity index (χ4v) is 2.60. The molecule has 2 aromatic heterocycles. The molecule has 0 unspecified atom stereocenters. The summed E-state index contributed by atoms with van der Waals surface area (Å²) in [5.74, 6) is 1.37. The van der Waals surface area contributed by atoms with Gasteiger partial charge < -0.3 is 9.47 Å². The van der Waals surface area contributed by atoms with Crippen LogP contribution in [-0.2, 0) is 0 Å². The van der Waals surface area contributed by atoms with Crippen molar-refractivity contribution in [2.24, 2.45) is 0 Å². The molecule has 0 radical (unpaired) electrons. The van der Waals surface area contributed by atoms with Crippen molar-refractivity contribution in [2.45, 2.75) is 0 Å². The van der Waals surface area contributed by atoms with Gasteiger partial charge >= 0.3 is 0 Å². The van der Waals surface area contributed by atoms with Crippen LogP contribution in [0.1, 0.15) is 0 Å². The van der Waals surface area contributed by atoms with E-state index in [1.165, 1.54) is 12.1 Å². The van der Waals surface area contributed by atoms with Crippen molar-refractivity contribution in [1.82, 2.24) is 14.8 Å². The third-order valence-corrected chi connectivity index (χ3v) is 3.76. The predicted octanol–water partition coefficient (Wildman–Crippen LogP) is 4.36. The first kappa shape index (κ1) is 15.1. The Labute approximate surface area is 143 Å². The second-order valence-corrected chi connectivity index (χ2v) is 5.39. The molecule has 0 saturated carbocycles. The number of benzene rings is 2. The number of fused-ring (bicyclic) bond motifs is 1. The van der Waals surface area contributed by atoms with Crippen LogP contribution in [-0.4, -0.2) is 21.9 Å². The second kappa shape index (κ2) is 6.24. The van der Waals surface area contributed by atoms with E-state index in [0.29, 0.717) is 28.2 Å². The average Bonchev–Trinajstić information content (AvgIpc) is 3.17. The van der Waals surface area contributed by atoms with Gasteiger partial charge in [-0.3, -0.25) is 4.98 Å². The van der Waals surface area contributed by atoms with Gasteiger partial charge in [0, 0.05) is 42.2 Å². The van der Waals surface area contributed by atoms with Crippen molar-refractivity contribution in [1.29, 1.82) is 0 Å². The van der Waals surface area contributed by atoms with Crippen LogP contribution in [0.25, 0.3) is 16.6 Å². The second-order valence-electron chi connectivity index (χ2n) is 5.39. The summed E-state index contributed by atoms with van der Waals surface area (Å²) in [6.07, 6.45) is 5.15. The maximum Gasteiger partial charge on any atom is 0.138 e. The largest absolute Gasteiger partial charge is 0.497 e. The molecule has 4 rings (SSSR count). The van der Waals surface area contributed by atoms with Crippen molar-refractivity contribution in [3.8, 4) is 22.9 Å². The number of ether oxygens (including phenoxy) is 2. The van der Waals surface area contributed by atoms with E-state index in [4.69, 9.17) is 9.47 Å². The molecule has 4 aromatic rings. The number of hydrogen-bond donors (Lipinski definition) is 0. The Hall–Kier alpha value is -3.41. The number of nitrogens with zero attached hydrogens (tertiary/aromatic N) is 3. The van der Waals surface area contributed by atoms with E-state index in [1.807, 2.05) is 24.4 Å². The van der Waals surface area contributed by atoms with Crippen molar-refractivity contribution in [3.63, 3.8) is 0 Å². The Balaban J connectivity index is 1.78. The molecule has 6 heteroatoms. The Kier molecular flexibility index (Phi) is 3.78. The molecule has 0 N–H and O–H groups in total. The van der Waals surface area contributed by atoms with Crippen molar-refractivity contribution in [3.05, 3.63) is 72.9 Å². The number of hydrogen-bond acceptors (Lipinski definition) is 4. The number of rotatable bonds is 4. The van der Waals surface area contributed by atoms with Gasteiger partial charge in [0.05, 0.1) is 18.3 Å². The Morgan fingerprint density at radius 3 is 2.68 bits per heavy atom. The maximum absolute atomic E-state index is 13.6. The molecule has 0 aliphatic carbocycles. The SMILES string of the molecule is COc1cc(Oc2ccnc3ccc(F)cc23)cc(-n2cccn2)c1. The molecule has 2 aromatic carbocycles. The van der Waals surface area contributed by atoms with E-state index in [-0.39, 0.29) is 5.82 Å². The molecule has 2 heterocycles. The predicted molar refractivity (Wildman–Crippen MR) is 91.9 cm³/mol. The first-order chi connectivity index (χ1) is 12.2. The molecule has 0 aliphatic rings. The normalized spacial score (nSPS) is 10.8. The monoisotopic (exact) mass is 335 g/mol. The summed E-state index contributed by atoms with van der Waals surface area (Å²) in [7, 11) is 1.59. The number of aromatic nitrogens is 3. The quantitative estimate of drug-likeness (QED) is 0.556. The van der Waals surface area contributed by atoms with Crippen molar-refractivity contribution < 1.29 is 13.9 Å². The molecular formula is C19H14FN3O2. The number of methoxy groups -OCH3 is 1. The van der Waals surface area contributed by atoms with E-state index >= 15 is 0 Å². The lowest BCUT2D eigenvalue weighted by Gasteiger charge is -2.12. The third kappa shape index (κ3) is 3.01. The van der Waals surface area contributed by atoms with Gasteiger partial charge in [-0.15, -0.1) is 0 Å². The van der Waals surface area contributed by atoms with Crippen LogP contribution in [0.3, 0.4) is 0 Å². The molecule has 0 fully saturated rings. The van der Waals surface area contributed by atoms with Crippen LogP contribution in [0.4, 0.5) is 4.39 Å². The van der Waals surface area contributed by atoms with Gasteiger partial charge in [-0.05, 0) is 30.3 Å². The fraction of sp³-hybridized carbons (Fsp3) is 0.0526. The minimum Gasteiger partial charge on any atom is -0.497 e. The smallest absolute Gasteiger partial charge is 0.138 e. The van der Waals surface area contributed by atoms with Crippen LogP contribution in [0.15, 0.2) is 67.1 Å². The highest BCUT2D eigenvalue weighted by molar-refractivity contribution is 5.85. The van der Waals surface area contributed by atoms with Crippen LogP contribution in [0, 0.1) is 5.82 Å². The summed E-state index contributed by atoms with van der Waals surface area (Å²) in [4.78, 5) is 4.23. The molecule has 5 nitrogen and oxygen atoms in total. The van der Waals surface area contributed by atoms with Gasteiger partial charge in [0.1, 0.15) is 23.1 Å². The molecule has 0 bridgehead atoms. The Morgan fingerprint density at radius 2 is 1.88 bits per heavy atom. The standard InChI is InChI=1S/C19H14FN3O2/c1-24-15-10-14(23-8-2-6-22-23)11-16(12-15)25-19-5-7-21-18-4-3-13(20)9-17(18)19/h2-12H,1H3. The van der Waals surface area contributed by atoms with E-state index in [9.17, 15) is 4.39 Å². The molecular weight excluding hydrogens is 321 g/mol. The molecule has 0 saturated heterocycles. The Morgan fingerprint density at radius 1 is 1.00 bits per heavy atom. The summed E-state index contributed by atoms with van der Waals surface area (Å²) in [5.41, 5.74) is 1.46. The molecule has 0 atom stereocenters. The highest BCUT2D eigenvalue weighted by Gasteiger charge is 2.09.